The summed E-state index contributed by atoms with van der Waals surface area (Å²) in [6.07, 6.45) is 0.204. The zero-order valence-electron chi connectivity index (χ0n) is 27.4. The maximum atomic E-state index is 14.7. The largest absolute Gasteiger partial charge is 0.492 e. The molecule has 0 heterocycles. The molecule has 4 aromatic carbocycles. The Morgan fingerprint density at radius 2 is 1.51 bits per heavy atom. The summed E-state index contributed by atoms with van der Waals surface area (Å²) in [5, 5.41) is 3.51. The van der Waals surface area contributed by atoms with Crippen LogP contribution in [0.15, 0.2) is 108 Å². The number of nitrogens with one attached hydrogen (secondary N) is 1. The summed E-state index contributed by atoms with van der Waals surface area (Å²) < 4.78 is 35.6. The van der Waals surface area contributed by atoms with Crippen LogP contribution < -0.4 is 14.4 Å². The molecule has 1 atom stereocenters. The van der Waals surface area contributed by atoms with E-state index in [2.05, 4.69) is 5.32 Å². The Kier molecular flexibility index (Phi) is 11.7. The first kappa shape index (κ1) is 35.5. The lowest BCUT2D eigenvalue weighted by Crippen LogP contribution is -2.56. The van der Waals surface area contributed by atoms with Gasteiger partial charge in [0.05, 0.1) is 17.2 Å². The Hall–Kier alpha value is -4.34. The third kappa shape index (κ3) is 9.59. The molecule has 0 fully saturated rings. The molecular formula is C37H42ClN3O5S. The van der Waals surface area contributed by atoms with Gasteiger partial charge in [-0.3, -0.25) is 13.9 Å². The maximum Gasteiger partial charge on any atom is 0.264 e. The summed E-state index contributed by atoms with van der Waals surface area (Å²) in [6.45, 7) is 8.99. The van der Waals surface area contributed by atoms with Crippen molar-refractivity contribution < 1.29 is 22.7 Å². The Labute approximate surface area is 283 Å². The molecule has 0 aliphatic carbocycles. The average molecular weight is 676 g/mol. The number of ether oxygens (including phenoxy) is 1. The highest BCUT2D eigenvalue weighted by atomic mass is 35.5. The number of benzene rings is 4. The normalized spacial score (nSPS) is 12.2. The van der Waals surface area contributed by atoms with E-state index in [0.717, 1.165) is 15.4 Å². The van der Waals surface area contributed by atoms with Crippen LogP contribution in [0.4, 0.5) is 5.69 Å². The number of nitrogens with zero attached hydrogens (tertiary/aromatic N) is 2. The quantitative estimate of drug-likeness (QED) is 0.168. The number of sulfonamides is 1. The van der Waals surface area contributed by atoms with Gasteiger partial charge in [0.1, 0.15) is 18.3 Å². The number of anilines is 1. The fourth-order valence-corrected chi connectivity index (χ4v) is 6.77. The lowest BCUT2D eigenvalue weighted by Gasteiger charge is -2.35. The molecule has 0 aliphatic heterocycles. The van der Waals surface area contributed by atoms with Crippen LogP contribution in [0.3, 0.4) is 0 Å². The summed E-state index contributed by atoms with van der Waals surface area (Å²) in [7, 11) is -4.27. The van der Waals surface area contributed by atoms with Crippen LogP contribution in [-0.4, -0.2) is 49.9 Å². The monoisotopic (exact) mass is 675 g/mol. The molecule has 8 nitrogen and oxygen atoms in total. The number of para-hydroxylation sites is 2. The molecule has 0 radical (unpaired) electrons. The van der Waals surface area contributed by atoms with Gasteiger partial charge in [0.15, 0.2) is 0 Å². The number of amides is 2. The van der Waals surface area contributed by atoms with Gasteiger partial charge in [-0.1, -0.05) is 83.9 Å². The van der Waals surface area contributed by atoms with Gasteiger partial charge in [0, 0.05) is 23.5 Å². The second kappa shape index (κ2) is 15.5. The Morgan fingerprint density at radius 3 is 2.15 bits per heavy atom. The molecule has 0 aliphatic rings. The van der Waals surface area contributed by atoms with Crippen molar-refractivity contribution in [3.05, 3.63) is 125 Å². The average Bonchev–Trinajstić information content (AvgIpc) is 3.02. The van der Waals surface area contributed by atoms with E-state index in [0.29, 0.717) is 16.3 Å². The molecule has 248 valence electrons. The lowest BCUT2D eigenvalue weighted by molar-refractivity contribution is -0.140. The first-order valence-corrected chi connectivity index (χ1v) is 17.3. The molecular weight excluding hydrogens is 634 g/mol. The van der Waals surface area contributed by atoms with Crippen molar-refractivity contribution in [3.63, 3.8) is 0 Å². The predicted octanol–water partition coefficient (Wildman–Crippen LogP) is 6.80. The second-order valence-electron chi connectivity index (χ2n) is 12.3. The van der Waals surface area contributed by atoms with Crippen molar-refractivity contribution >= 4 is 39.1 Å². The molecule has 0 spiro atoms. The molecule has 1 N–H and O–H groups in total. The second-order valence-corrected chi connectivity index (χ2v) is 14.6. The lowest BCUT2D eigenvalue weighted by atomic mass is 10.0. The topological polar surface area (TPSA) is 96.0 Å². The summed E-state index contributed by atoms with van der Waals surface area (Å²) in [4.78, 5) is 30.2. The van der Waals surface area contributed by atoms with E-state index in [-0.39, 0.29) is 36.1 Å². The number of rotatable bonds is 13. The molecule has 10 heteroatoms. The number of hydrogen-bond acceptors (Lipinski definition) is 5. The SMILES string of the molecule is CCOc1ccccc1N(CC(=O)N(Cc1cccc(Cl)c1)[C@H](Cc1ccccc1)C(=O)NC(C)(C)C)S(=O)(=O)c1ccc(C)cc1. The van der Waals surface area contributed by atoms with Gasteiger partial charge in [-0.05, 0) is 82.1 Å². The van der Waals surface area contributed by atoms with E-state index in [1.54, 1.807) is 61.5 Å². The van der Waals surface area contributed by atoms with Gasteiger partial charge >= 0.3 is 0 Å². The van der Waals surface area contributed by atoms with Gasteiger partial charge in [-0.15, -0.1) is 0 Å². The molecule has 0 aromatic heterocycles. The smallest absolute Gasteiger partial charge is 0.264 e. The van der Waals surface area contributed by atoms with Gasteiger partial charge in [0.2, 0.25) is 11.8 Å². The van der Waals surface area contributed by atoms with Crippen LogP contribution in [0, 0.1) is 6.92 Å². The zero-order valence-corrected chi connectivity index (χ0v) is 29.0. The van der Waals surface area contributed by atoms with Crippen LogP contribution in [0.1, 0.15) is 44.4 Å². The first-order valence-electron chi connectivity index (χ1n) is 15.5. The van der Waals surface area contributed by atoms with Crippen LogP contribution in [0.2, 0.25) is 5.02 Å². The Balaban J connectivity index is 1.85. The highest BCUT2D eigenvalue weighted by Crippen LogP contribution is 2.33. The van der Waals surface area contributed by atoms with Crippen LogP contribution in [0.5, 0.6) is 5.75 Å². The highest BCUT2D eigenvalue weighted by Gasteiger charge is 2.36. The van der Waals surface area contributed by atoms with Gasteiger partial charge in [-0.2, -0.15) is 0 Å². The number of aryl methyl sites for hydroxylation is 1. The van der Waals surface area contributed by atoms with Crippen molar-refractivity contribution in [2.24, 2.45) is 0 Å². The Morgan fingerprint density at radius 1 is 0.872 bits per heavy atom. The van der Waals surface area contributed by atoms with Crippen molar-refractivity contribution in [2.45, 2.75) is 64.1 Å². The highest BCUT2D eigenvalue weighted by molar-refractivity contribution is 7.92. The summed E-state index contributed by atoms with van der Waals surface area (Å²) in [6, 6.07) is 28.6. The fourth-order valence-electron chi connectivity index (χ4n) is 5.13. The third-order valence-corrected chi connectivity index (χ3v) is 9.34. The number of carbonyl (C=O) groups excluding carboxylic acids is 2. The number of carbonyl (C=O) groups is 2. The van der Waals surface area contributed by atoms with E-state index in [1.165, 1.54) is 17.0 Å². The van der Waals surface area contributed by atoms with E-state index in [1.807, 2.05) is 64.1 Å². The summed E-state index contributed by atoms with van der Waals surface area (Å²) >= 11 is 6.33. The van der Waals surface area contributed by atoms with Crippen LogP contribution in [0.25, 0.3) is 0 Å². The van der Waals surface area contributed by atoms with Gasteiger partial charge in [-0.25, -0.2) is 8.42 Å². The number of halogens is 1. The van der Waals surface area contributed by atoms with E-state index in [9.17, 15) is 18.0 Å². The molecule has 4 aromatic rings. The number of hydrogen-bond donors (Lipinski definition) is 1. The minimum atomic E-state index is -4.27. The van der Waals surface area contributed by atoms with Crippen LogP contribution >= 0.6 is 11.6 Å². The predicted molar refractivity (Wildman–Crippen MR) is 187 cm³/mol. The first-order chi connectivity index (χ1) is 22.3. The molecule has 0 unspecified atom stereocenters. The summed E-state index contributed by atoms with van der Waals surface area (Å²) in [5.74, 6) is -0.623. The Bertz CT molecular complexity index is 1770. The van der Waals surface area contributed by atoms with E-state index >= 15 is 0 Å². The van der Waals surface area contributed by atoms with Crippen molar-refractivity contribution in [2.75, 3.05) is 17.5 Å². The minimum Gasteiger partial charge on any atom is -0.492 e. The van der Waals surface area contributed by atoms with Crippen LogP contribution in [-0.2, 0) is 32.6 Å². The standard InChI is InChI=1S/C37H42ClN3O5S/c1-6-46-34-18-11-10-17-32(34)41(47(44,45)31-21-19-27(2)20-22-31)26-35(42)40(25-29-15-12-16-30(38)23-29)33(36(43)39-37(3,4)5)24-28-13-8-7-9-14-28/h7-23,33H,6,24-26H2,1-5H3,(H,39,43)/t33-/m1/s1. The molecule has 0 saturated carbocycles. The van der Waals surface area contributed by atoms with E-state index < -0.39 is 34.1 Å². The molecule has 4 rings (SSSR count). The van der Waals surface area contributed by atoms with E-state index in [4.69, 9.17) is 16.3 Å². The molecule has 0 bridgehead atoms. The minimum absolute atomic E-state index is 0.0139. The third-order valence-electron chi connectivity index (χ3n) is 7.33. The van der Waals surface area contributed by atoms with Crippen molar-refractivity contribution in [3.8, 4) is 5.75 Å². The molecule has 0 saturated heterocycles. The van der Waals surface area contributed by atoms with Gasteiger partial charge < -0.3 is 15.0 Å². The summed E-state index contributed by atoms with van der Waals surface area (Å²) in [5.41, 5.74) is 2.05. The molecule has 47 heavy (non-hydrogen) atoms. The molecule has 2 amide bonds. The zero-order chi connectivity index (χ0) is 34.2. The van der Waals surface area contributed by atoms with Gasteiger partial charge in [0.25, 0.3) is 10.0 Å². The van der Waals surface area contributed by atoms with Crippen molar-refractivity contribution in [1.29, 1.82) is 0 Å². The fraction of sp³-hybridized carbons (Fsp3) is 0.297. The maximum absolute atomic E-state index is 14.7. The van der Waals surface area contributed by atoms with Crippen molar-refractivity contribution in [1.82, 2.24) is 10.2 Å².